The van der Waals surface area contributed by atoms with Crippen LogP contribution in [0.15, 0.2) is 43.0 Å². The lowest BCUT2D eigenvalue weighted by Gasteiger charge is -2.39. The molecule has 1 N–H and O–H groups in total. The van der Waals surface area contributed by atoms with Crippen molar-refractivity contribution >= 4 is 5.82 Å². The summed E-state index contributed by atoms with van der Waals surface area (Å²) < 4.78 is 11.5. The molecular weight excluding hydrogens is 476 g/mol. The van der Waals surface area contributed by atoms with Gasteiger partial charge in [0.2, 0.25) is 0 Å². The number of benzene rings is 1. The van der Waals surface area contributed by atoms with Gasteiger partial charge < -0.3 is 19.7 Å². The van der Waals surface area contributed by atoms with Gasteiger partial charge in [-0.2, -0.15) is 0 Å². The molecule has 1 aromatic carbocycles. The molecule has 6 rings (SSSR count). The second-order valence-corrected chi connectivity index (χ2v) is 11.0. The molecule has 0 spiro atoms. The van der Waals surface area contributed by atoms with Crippen LogP contribution in [0.5, 0.6) is 5.75 Å². The highest BCUT2D eigenvalue weighted by Crippen LogP contribution is 2.42. The van der Waals surface area contributed by atoms with Crippen molar-refractivity contribution in [1.29, 1.82) is 0 Å². The number of nitrogens with one attached hydrogen (secondary N) is 1. The van der Waals surface area contributed by atoms with E-state index in [9.17, 15) is 0 Å². The molecule has 3 aromatic rings. The van der Waals surface area contributed by atoms with Crippen LogP contribution in [0.3, 0.4) is 0 Å². The number of hydrogen-bond acceptors (Lipinski definition) is 8. The zero-order chi connectivity index (χ0) is 25.9. The second kappa shape index (κ2) is 11.4. The number of nitrogens with zero attached hydrogens (tertiary/aromatic N) is 5. The minimum absolute atomic E-state index is 0.443. The van der Waals surface area contributed by atoms with E-state index < -0.39 is 0 Å². The summed E-state index contributed by atoms with van der Waals surface area (Å²) in [6.45, 7) is 5.39. The Bertz CT molecular complexity index is 1250. The van der Waals surface area contributed by atoms with E-state index in [4.69, 9.17) is 14.5 Å². The molecule has 2 aromatic heterocycles. The first-order chi connectivity index (χ1) is 18.6. The number of rotatable bonds is 8. The summed E-state index contributed by atoms with van der Waals surface area (Å²) in [5.74, 6) is 1.77. The maximum Gasteiger partial charge on any atom is 0.138 e. The largest absolute Gasteiger partial charge is 0.491 e. The third kappa shape index (κ3) is 5.53. The first kappa shape index (κ1) is 25.2. The molecule has 3 aliphatic rings. The fourth-order valence-corrected chi connectivity index (χ4v) is 5.99. The number of hydrogen-bond donors (Lipinski definition) is 1. The second-order valence-electron chi connectivity index (χ2n) is 11.0. The molecule has 200 valence electrons. The highest BCUT2D eigenvalue weighted by Gasteiger charge is 2.29. The predicted octanol–water partition coefficient (Wildman–Crippen LogP) is 4.11. The zero-order valence-electron chi connectivity index (χ0n) is 22.5. The molecule has 0 radical (unpaired) electrons. The quantitative estimate of drug-likeness (QED) is 0.377. The highest BCUT2D eigenvalue weighted by molar-refractivity contribution is 5.86. The molecule has 8 nitrogen and oxygen atoms in total. The maximum absolute atomic E-state index is 5.93. The minimum atomic E-state index is 0.443. The standard InChI is InChI=1S/C30H38N6O2/c1-35(2)9-14-38-26-15-23(18-31-19-26)21-3-4-22-17-28-29(27(22)16-21)30(33-20-32-28)34-24-5-7-25(8-6-24)36-10-12-37-13-11-36/h3-4,15-16,18-20,24-25H,5-14,17H2,1-2H3,(H,32,33,34). The number of fused-ring (bicyclic) bond motifs is 3. The Morgan fingerprint density at radius 2 is 1.87 bits per heavy atom. The summed E-state index contributed by atoms with van der Waals surface area (Å²) in [5.41, 5.74) is 6.97. The minimum Gasteiger partial charge on any atom is -0.491 e. The lowest BCUT2D eigenvalue weighted by molar-refractivity contribution is 0.00791. The van der Waals surface area contributed by atoms with Crippen LogP contribution in [0, 0.1) is 0 Å². The Morgan fingerprint density at radius 3 is 2.68 bits per heavy atom. The molecule has 1 saturated carbocycles. The molecule has 3 heterocycles. The van der Waals surface area contributed by atoms with Crippen molar-refractivity contribution in [1.82, 2.24) is 24.8 Å². The molecular formula is C30H38N6O2. The summed E-state index contributed by atoms with van der Waals surface area (Å²) >= 11 is 0. The van der Waals surface area contributed by atoms with Crippen LogP contribution in [0.2, 0.25) is 0 Å². The van der Waals surface area contributed by atoms with Crippen LogP contribution in [-0.2, 0) is 11.2 Å². The Morgan fingerprint density at radius 1 is 1.03 bits per heavy atom. The Kier molecular flexibility index (Phi) is 7.53. The fourth-order valence-electron chi connectivity index (χ4n) is 5.99. The van der Waals surface area contributed by atoms with Crippen molar-refractivity contribution in [3.8, 4) is 28.0 Å². The summed E-state index contributed by atoms with van der Waals surface area (Å²) in [6.07, 6.45) is 11.0. The van der Waals surface area contributed by atoms with Crippen molar-refractivity contribution < 1.29 is 9.47 Å². The Balaban J connectivity index is 1.18. The molecule has 2 fully saturated rings. The van der Waals surface area contributed by atoms with E-state index in [0.717, 1.165) is 73.2 Å². The Labute approximate surface area is 225 Å². The van der Waals surface area contributed by atoms with Crippen LogP contribution >= 0.6 is 0 Å². The van der Waals surface area contributed by atoms with Gasteiger partial charge in [0.1, 0.15) is 24.5 Å². The van der Waals surface area contributed by atoms with E-state index in [-0.39, 0.29) is 0 Å². The van der Waals surface area contributed by atoms with Crippen molar-refractivity contribution in [3.63, 3.8) is 0 Å². The number of anilines is 1. The van der Waals surface area contributed by atoms with Gasteiger partial charge in [-0.1, -0.05) is 12.1 Å². The number of morpholine rings is 1. The van der Waals surface area contributed by atoms with Crippen LogP contribution in [-0.4, -0.2) is 90.4 Å². The smallest absolute Gasteiger partial charge is 0.138 e. The van der Waals surface area contributed by atoms with Crippen LogP contribution < -0.4 is 10.1 Å². The molecule has 1 aliphatic heterocycles. The van der Waals surface area contributed by atoms with Gasteiger partial charge in [-0.05, 0) is 68.6 Å². The summed E-state index contributed by atoms with van der Waals surface area (Å²) in [6, 6.07) is 9.88. The molecule has 1 saturated heterocycles. The van der Waals surface area contributed by atoms with Crippen LogP contribution in [0.4, 0.5) is 5.82 Å². The van der Waals surface area contributed by atoms with Crippen molar-refractivity contribution in [3.05, 3.63) is 54.2 Å². The average molecular weight is 515 g/mol. The van der Waals surface area contributed by atoms with E-state index in [0.29, 0.717) is 18.7 Å². The van der Waals surface area contributed by atoms with Gasteiger partial charge in [0.15, 0.2) is 0 Å². The third-order valence-corrected chi connectivity index (χ3v) is 8.12. The molecule has 0 unspecified atom stereocenters. The lowest BCUT2D eigenvalue weighted by atomic mass is 9.89. The maximum atomic E-state index is 5.93. The van der Waals surface area contributed by atoms with Gasteiger partial charge in [0.05, 0.1) is 25.1 Å². The fraction of sp³-hybridized carbons (Fsp3) is 0.500. The van der Waals surface area contributed by atoms with E-state index in [1.807, 2.05) is 20.3 Å². The molecule has 2 aliphatic carbocycles. The lowest BCUT2D eigenvalue weighted by Crippen LogP contribution is -2.46. The van der Waals surface area contributed by atoms with Gasteiger partial charge in [0.25, 0.3) is 0 Å². The summed E-state index contributed by atoms with van der Waals surface area (Å²) in [7, 11) is 4.09. The first-order valence-electron chi connectivity index (χ1n) is 13.9. The summed E-state index contributed by atoms with van der Waals surface area (Å²) in [5, 5.41) is 3.82. The molecule has 0 atom stereocenters. The molecule has 38 heavy (non-hydrogen) atoms. The Hall–Kier alpha value is -3.07. The molecule has 0 amide bonds. The van der Waals surface area contributed by atoms with E-state index in [1.165, 1.54) is 36.8 Å². The highest BCUT2D eigenvalue weighted by atomic mass is 16.5. The van der Waals surface area contributed by atoms with Crippen LogP contribution in [0.25, 0.3) is 22.3 Å². The van der Waals surface area contributed by atoms with E-state index in [1.54, 1.807) is 12.5 Å². The van der Waals surface area contributed by atoms with E-state index >= 15 is 0 Å². The van der Waals surface area contributed by atoms with Crippen molar-refractivity contribution in [2.45, 2.75) is 44.2 Å². The van der Waals surface area contributed by atoms with Gasteiger partial charge in [0, 0.05) is 55.5 Å². The van der Waals surface area contributed by atoms with Gasteiger partial charge >= 0.3 is 0 Å². The normalized spacial score (nSPS) is 21.2. The van der Waals surface area contributed by atoms with Gasteiger partial charge in [-0.25, -0.2) is 9.97 Å². The zero-order valence-corrected chi connectivity index (χ0v) is 22.5. The van der Waals surface area contributed by atoms with E-state index in [2.05, 4.69) is 49.4 Å². The average Bonchev–Trinajstić information content (AvgIpc) is 3.33. The topological polar surface area (TPSA) is 75.6 Å². The molecule has 0 bridgehead atoms. The SMILES string of the molecule is CN(C)CCOc1cncc(-c2ccc3c(c2)-c2c(ncnc2NC2CCC(N4CCOCC4)CC2)C3)c1. The third-order valence-electron chi connectivity index (χ3n) is 8.12. The van der Waals surface area contributed by atoms with Gasteiger partial charge in [-0.15, -0.1) is 0 Å². The number of aromatic nitrogens is 3. The number of ether oxygens (including phenoxy) is 2. The summed E-state index contributed by atoms with van der Waals surface area (Å²) in [4.78, 5) is 18.6. The van der Waals surface area contributed by atoms with Crippen molar-refractivity contribution in [2.75, 3.05) is 58.9 Å². The number of likely N-dealkylation sites (N-methyl/N-ethyl adjacent to an activating group) is 1. The monoisotopic (exact) mass is 514 g/mol. The first-order valence-corrected chi connectivity index (χ1v) is 13.9. The molecule has 8 heteroatoms. The number of pyridine rings is 1. The van der Waals surface area contributed by atoms with Crippen molar-refractivity contribution in [2.24, 2.45) is 0 Å². The van der Waals surface area contributed by atoms with Gasteiger partial charge in [-0.3, -0.25) is 9.88 Å². The predicted molar refractivity (Wildman–Crippen MR) is 150 cm³/mol. The van der Waals surface area contributed by atoms with Crippen LogP contribution in [0.1, 0.15) is 36.9 Å².